The molecule has 2 aliphatic heterocycles. The highest BCUT2D eigenvalue weighted by Gasteiger charge is 2.56. The van der Waals surface area contributed by atoms with Gasteiger partial charge < -0.3 is 14.9 Å². The molecule has 0 radical (unpaired) electrons. The van der Waals surface area contributed by atoms with E-state index in [1.165, 1.54) is 12.1 Å². The molecule has 2 N–H and O–H groups in total. The minimum absolute atomic E-state index is 0.0285. The molecular formula is C17H14F3NO3. The average molecular weight is 337 g/mol. The van der Waals surface area contributed by atoms with E-state index in [0.717, 1.165) is 16.7 Å². The third-order valence-corrected chi connectivity index (χ3v) is 4.69. The minimum atomic E-state index is -4.52. The monoisotopic (exact) mass is 337 g/mol. The van der Waals surface area contributed by atoms with Gasteiger partial charge in [0, 0.05) is 0 Å². The molecule has 0 amide bonds. The van der Waals surface area contributed by atoms with Gasteiger partial charge in [0.1, 0.15) is 11.2 Å². The van der Waals surface area contributed by atoms with Crippen molar-refractivity contribution in [1.82, 2.24) is 4.57 Å². The first-order chi connectivity index (χ1) is 11.1. The Labute approximate surface area is 135 Å². The molecule has 4 nitrogen and oxygen atoms in total. The zero-order valence-electron chi connectivity index (χ0n) is 12.8. The van der Waals surface area contributed by atoms with Crippen molar-refractivity contribution in [2.45, 2.75) is 31.2 Å². The maximum atomic E-state index is 12.9. The van der Waals surface area contributed by atoms with Crippen molar-refractivity contribution >= 4 is 0 Å². The van der Waals surface area contributed by atoms with Crippen molar-refractivity contribution in [2.24, 2.45) is 0 Å². The number of benzene rings is 1. The quantitative estimate of drug-likeness (QED) is 0.775. The number of aromatic hydroxyl groups is 2. The van der Waals surface area contributed by atoms with Crippen molar-refractivity contribution < 1.29 is 28.1 Å². The molecule has 0 aliphatic carbocycles. The highest BCUT2D eigenvalue weighted by molar-refractivity contribution is 5.64. The van der Waals surface area contributed by atoms with Gasteiger partial charge >= 0.3 is 6.18 Å². The maximum absolute atomic E-state index is 12.9. The number of ether oxygens (including phenoxy) is 1. The van der Waals surface area contributed by atoms with Crippen LogP contribution in [0, 0.1) is 0 Å². The van der Waals surface area contributed by atoms with Crippen LogP contribution in [0.1, 0.15) is 30.5 Å². The Morgan fingerprint density at radius 3 is 2.04 bits per heavy atom. The highest BCUT2D eigenvalue weighted by atomic mass is 19.4. The number of hydrogen-bond donors (Lipinski definition) is 2. The van der Waals surface area contributed by atoms with Crippen LogP contribution in [0.3, 0.4) is 0 Å². The van der Waals surface area contributed by atoms with E-state index < -0.39 is 22.9 Å². The lowest BCUT2D eigenvalue weighted by atomic mass is 9.86. The lowest BCUT2D eigenvalue weighted by molar-refractivity contribution is -0.137. The Kier molecular flexibility index (Phi) is 2.62. The Bertz CT molecular complexity index is 858. The zero-order valence-corrected chi connectivity index (χ0v) is 12.8. The third-order valence-electron chi connectivity index (χ3n) is 4.69. The van der Waals surface area contributed by atoms with Crippen LogP contribution in [0.15, 0.2) is 36.4 Å². The van der Waals surface area contributed by atoms with Crippen LogP contribution in [-0.4, -0.2) is 14.8 Å². The number of fused-ring (bicyclic) bond motifs is 5. The van der Waals surface area contributed by atoms with Gasteiger partial charge in [-0.25, -0.2) is 0 Å². The zero-order chi connectivity index (χ0) is 17.5. The average Bonchev–Trinajstić information content (AvgIpc) is 3.03. The van der Waals surface area contributed by atoms with Crippen molar-refractivity contribution in [2.75, 3.05) is 0 Å². The van der Waals surface area contributed by atoms with Crippen molar-refractivity contribution in [1.29, 1.82) is 0 Å². The van der Waals surface area contributed by atoms with E-state index in [0.29, 0.717) is 11.1 Å². The van der Waals surface area contributed by atoms with Crippen LogP contribution < -0.4 is 0 Å². The molecule has 24 heavy (non-hydrogen) atoms. The summed E-state index contributed by atoms with van der Waals surface area (Å²) in [5.74, 6) is -0.644. The van der Waals surface area contributed by atoms with Gasteiger partial charge in [-0.05, 0) is 44.2 Å². The Morgan fingerprint density at radius 1 is 1.00 bits per heavy atom. The Hall–Kier alpha value is -2.41. The lowest BCUT2D eigenvalue weighted by Crippen LogP contribution is -2.19. The van der Waals surface area contributed by atoms with Gasteiger partial charge in [-0.1, -0.05) is 6.07 Å². The van der Waals surface area contributed by atoms with E-state index in [-0.39, 0.29) is 17.4 Å². The van der Waals surface area contributed by atoms with Gasteiger partial charge in [0.25, 0.3) is 0 Å². The molecule has 0 fully saturated rings. The molecule has 2 atom stereocenters. The SMILES string of the molecule is C[C@]12C=C[C@](C)(O1)c1c2c(O)n(-c2cccc(C(F)(F)F)c2)c1O. The van der Waals surface area contributed by atoms with Crippen LogP contribution in [0.4, 0.5) is 13.2 Å². The summed E-state index contributed by atoms with van der Waals surface area (Å²) in [6, 6.07) is 4.45. The Balaban J connectivity index is 1.95. The first kappa shape index (κ1) is 15.1. The number of rotatable bonds is 1. The third kappa shape index (κ3) is 1.73. The number of aromatic nitrogens is 1. The molecule has 3 heterocycles. The van der Waals surface area contributed by atoms with Gasteiger partial charge in [0.05, 0.1) is 22.4 Å². The number of alkyl halides is 3. The molecule has 0 saturated carbocycles. The van der Waals surface area contributed by atoms with Gasteiger partial charge in [-0.3, -0.25) is 4.57 Å². The predicted molar refractivity (Wildman–Crippen MR) is 79.0 cm³/mol. The van der Waals surface area contributed by atoms with Crippen molar-refractivity contribution in [3.8, 4) is 17.4 Å². The molecule has 126 valence electrons. The molecule has 0 saturated heterocycles. The van der Waals surface area contributed by atoms with E-state index in [2.05, 4.69) is 0 Å². The molecule has 2 aliphatic rings. The first-order valence-corrected chi connectivity index (χ1v) is 7.33. The smallest absolute Gasteiger partial charge is 0.416 e. The van der Waals surface area contributed by atoms with Crippen LogP contribution >= 0.6 is 0 Å². The molecule has 2 bridgehead atoms. The van der Waals surface area contributed by atoms with Gasteiger partial charge in [-0.2, -0.15) is 13.2 Å². The summed E-state index contributed by atoms with van der Waals surface area (Å²) in [5, 5.41) is 21.2. The van der Waals surface area contributed by atoms with Gasteiger partial charge in [-0.15, -0.1) is 0 Å². The minimum Gasteiger partial charge on any atom is -0.494 e. The van der Waals surface area contributed by atoms with E-state index in [9.17, 15) is 23.4 Å². The molecule has 0 spiro atoms. The molecule has 7 heteroatoms. The second kappa shape index (κ2) is 4.16. The maximum Gasteiger partial charge on any atom is 0.416 e. The largest absolute Gasteiger partial charge is 0.494 e. The summed E-state index contributed by atoms with van der Waals surface area (Å²) in [4.78, 5) is 0. The summed E-state index contributed by atoms with van der Waals surface area (Å²) in [5.41, 5.74) is -1.91. The fourth-order valence-electron chi connectivity index (χ4n) is 3.65. The van der Waals surface area contributed by atoms with Crippen LogP contribution in [-0.2, 0) is 22.1 Å². The van der Waals surface area contributed by atoms with Crippen molar-refractivity contribution in [3.63, 3.8) is 0 Å². The van der Waals surface area contributed by atoms with E-state index in [4.69, 9.17) is 4.74 Å². The fraction of sp³-hybridized carbons (Fsp3) is 0.294. The summed E-state index contributed by atoms with van der Waals surface area (Å²) >= 11 is 0. The topological polar surface area (TPSA) is 54.6 Å². The molecule has 1 aromatic heterocycles. The normalized spacial score (nSPS) is 27.7. The van der Waals surface area contributed by atoms with Gasteiger partial charge in [0.15, 0.2) is 0 Å². The molecule has 4 rings (SSSR count). The van der Waals surface area contributed by atoms with Gasteiger partial charge in [0.2, 0.25) is 11.8 Å². The number of halogens is 3. The van der Waals surface area contributed by atoms with E-state index in [1.54, 1.807) is 26.0 Å². The summed E-state index contributed by atoms with van der Waals surface area (Å²) in [6.07, 6.45) is -0.977. The molecule has 2 aromatic rings. The van der Waals surface area contributed by atoms with Crippen molar-refractivity contribution in [3.05, 3.63) is 53.1 Å². The molecule has 1 aromatic carbocycles. The van der Waals surface area contributed by atoms with Crippen LogP contribution in [0.2, 0.25) is 0 Å². The summed E-state index contributed by atoms with van der Waals surface area (Å²) in [6.45, 7) is 3.46. The predicted octanol–water partition coefficient (Wildman–Crippen LogP) is 3.94. The second-order valence-corrected chi connectivity index (χ2v) is 6.43. The molecular weight excluding hydrogens is 323 g/mol. The molecule has 0 unspecified atom stereocenters. The summed E-state index contributed by atoms with van der Waals surface area (Å²) in [7, 11) is 0. The first-order valence-electron chi connectivity index (χ1n) is 7.33. The Morgan fingerprint density at radius 2 is 1.54 bits per heavy atom. The summed E-state index contributed by atoms with van der Waals surface area (Å²) < 4.78 is 45.7. The number of hydrogen-bond acceptors (Lipinski definition) is 3. The fourth-order valence-corrected chi connectivity index (χ4v) is 3.65. The second-order valence-electron chi connectivity index (χ2n) is 6.43. The standard InChI is InChI=1S/C17H14F3NO3/c1-15-6-7-16(2,24-15)12-11(15)13(22)21(14(12)23)10-5-3-4-9(8-10)17(18,19)20/h3-8,22-23H,1-2H3/t15-,16+. The van der Waals surface area contributed by atoms with E-state index in [1.807, 2.05) is 0 Å². The van der Waals surface area contributed by atoms with Crippen LogP contribution in [0.25, 0.3) is 5.69 Å². The number of nitrogens with zero attached hydrogens (tertiary/aromatic N) is 1. The van der Waals surface area contributed by atoms with E-state index >= 15 is 0 Å². The lowest BCUT2D eigenvalue weighted by Gasteiger charge is -2.21. The highest BCUT2D eigenvalue weighted by Crippen LogP contribution is 2.60. The van der Waals surface area contributed by atoms with Crippen LogP contribution in [0.5, 0.6) is 11.8 Å².